The molecular weight excluding hydrogens is 326 g/mol. The van der Waals surface area contributed by atoms with Crippen LogP contribution in [0.3, 0.4) is 0 Å². The molecule has 1 atom stereocenters. The van der Waals surface area contributed by atoms with Crippen LogP contribution in [0.25, 0.3) is 11.1 Å². The van der Waals surface area contributed by atoms with E-state index in [4.69, 9.17) is 0 Å². The molecule has 0 saturated heterocycles. The van der Waals surface area contributed by atoms with Crippen LogP contribution in [0.2, 0.25) is 0 Å². The summed E-state index contributed by atoms with van der Waals surface area (Å²) in [7, 11) is -3.39. The largest absolute Gasteiger partial charge is 0.380 e. The van der Waals surface area contributed by atoms with E-state index in [0.717, 1.165) is 23.1 Å². The maximum atomic E-state index is 11.9. The molecule has 2 aromatic rings. The molecule has 3 rings (SSSR count). The summed E-state index contributed by atoms with van der Waals surface area (Å²) < 4.78 is 25.2. The number of benzene rings is 1. The van der Waals surface area contributed by atoms with Gasteiger partial charge in [-0.25, -0.2) is 8.42 Å². The van der Waals surface area contributed by atoms with Crippen molar-refractivity contribution in [2.45, 2.75) is 19.4 Å². The molecule has 1 amide bonds. The van der Waals surface area contributed by atoms with Gasteiger partial charge >= 0.3 is 0 Å². The molecule has 0 fully saturated rings. The quantitative estimate of drug-likeness (QED) is 0.799. The Bertz CT molecular complexity index is 894. The van der Waals surface area contributed by atoms with Crippen LogP contribution in [0.1, 0.15) is 13.3 Å². The average Bonchev–Trinajstić information content (AvgIpc) is 2.61. The standard InChI is InChI=1S/C17H17N3O3S/c1-11-9-16(21)19-15-8-4-7-14(17(15)18-11)12-5-3-6-13(10-12)20-24(2,22)23/h4-5,7-8,10-11,18,20H,9H2,1-2H3,(H,19,21)/t11-/m1/s1. The lowest BCUT2D eigenvalue weighted by molar-refractivity contribution is -0.116. The van der Waals surface area contributed by atoms with Gasteiger partial charge in [-0.05, 0) is 36.8 Å². The van der Waals surface area contributed by atoms with Gasteiger partial charge in [-0.3, -0.25) is 9.52 Å². The summed E-state index contributed by atoms with van der Waals surface area (Å²) >= 11 is 0. The van der Waals surface area contributed by atoms with E-state index in [1.807, 2.05) is 25.1 Å². The van der Waals surface area contributed by atoms with E-state index in [-0.39, 0.29) is 11.9 Å². The molecule has 7 heteroatoms. The van der Waals surface area contributed by atoms with Gasteiger partial charge in [-0.2, -0.15) is 0 Å². The molecule has 0 saturated carbocycles. The minimum Gasteiger partial charge on any atom is -0.380 e. The third-order valence-electron chi connectivity index (χ3n) is 3.56. The second-order valence-corrected chi connectivity index (χ2v) is 7.58. The molecule has 0 unspecified atom stereocenters. The Kier molecular flexibility index (Phi) is 4.08. The molecular formula is C17H17N3O3S. The van der Waals surface area contributed by atoms with Crippen LogP contribution in [-0.2, 0) is 14.8 Å². The number of hydrogen-bond donors (Lipinski definition) is 3. The number of fused-ring (bicyclic) bond motifs is 1. The number of hydrogen-bond acceptors (Lipinski definition) is 4. The van der Waals surface area contributed by atoms with Crippen molar-refractivity contribution in [3.63, 3.8) is 0 Å². The van der Waals surface area contributed by atoms with E-state index in [9.17, 15) is 13.2 Å². The number of carbonyl (C=O) groups excluding carboxylic acids is 1. The van der Waals surface area contributed by atoms with Crippen molar-refractivity contribution < 1.29 is 13.2 Å². The highest BCUT2D eigenvalue weighted by molar-refractivity contribution is 7.92. The summed E-state index contributed by atoms with van der Waals surface area (Å²) in [5.41, 5.74) is 3.45. The maximum absolute atomic E-state index is 11.9. The molecule has 0 aromatic heterocycles. The van der Waals surface area contributed by atoms with Gasteiger partial charge in [0.05, 0.1) is 23.3 Å². The lowest BCUT2D eigenvalue weighted by atomic mass is 10.0. The van der Waals surface area contributed by atoms with Crippen LogP contribution in [0.15, 0.2) is 30.3 Å². The predicted octanol–water partition coefficient (Wildman–Crippen LogP) is 2.47. The number of para-hydroxylation sites is 1. The smallest absolute Gasteiger partial charge is 0.230 e. The highest BCUT2D eigenvalue weighted by atomic mass is 32.2. The summed E-state index contributed by atoms with van der Waals surface area (Å²) in [6, 6.07) is 14.5. The Labute approximate surface area is 141 Å². The van der Waals surface area contributed by atoms with Crippen molar-refractivity contribution in [1.82, 2.24) is 0 Å². The second-order valence-electron chi connectivity index (χ2n) is 5.83. The van der Waals surface area contributed by atoms with Crippen molar-refractivity contribution >= 4 is 33.0 Å². The maximum Gasteiger partial charge on any atom is 0.230 e. The van der Waals surface area contributed by atoms with Crippen molar-refractivity contribution in [2.24, 2.45) is 0 Å². The van der Waals surface area contributed by atoms with Crippen molar-refractivity contribution in [3.05, 3.63) is 42.5 Å². The van der Waals surface area contributed by atoms with Crippen molar-refractivity contribution in [2.75, 3.05) is 21.6 Å². The molecule has 3 N–H and O–H groups in total. The number of rotatable bonds is 3. The molecule has 124 valence electrons. The Morgan fingerprint density at radius 2 is 2.12 bits per heavy atom. The average molecular weight is 343 g/mol. The third kappa shape index (κ3) is 3.60. The van der Waals surface area contributed by atoms with Crippen LogP contribution in [0.5, 0.6) is 0 Å². The first-order valence-electron chi connectivity index (χ1n) is 7.43. The first kappa shape index (κ1) is 16.1. The molecule has 0 spiro atoms. The summed E-state index contributed by atoms with van der Waals surface area (Å²) in [5.74, 6) is -0.0433. The monoisotopic (exact) mass is 343 g/mol. The number of anilines is 3. The zero-order chi connectivity index (χ0) is 17.3. The minimum absolute atomic E-state index is 0.0136. The molecule has 6 nitrogen and oxygen atoms in total. The van der Waals surface area contributed by atoms with E-state index >= 15 is 0 Å². The molecule has 2 aromatic carbocycles. The third-order valence-corrected chi connectivity index (χ3v) is 4.15. The fraction of sp³-hybridized carbons (Fsp3) is 0.235. The first-order chi connectivity index (χ1) is 11.3. The number of amides is 1. The number of sulfonamides is 1. The van der Waals surface area contributed by atoms with Gasteiger partial charge in [0.2, 0.25) is 15.9 Å². The zero-order valence-corrected chi connectivity index (χ0v) is 14.1. The summed E-state index contributed by atoms with van der Waals surface area (Å²) in [5, 5.41) is 6.23. The molecule has 0 radical (unpaired) electrons. The van der Waals surface area contributed by atoms with Gasteiger partial charge in [0.1, 0.15) is 0 Å². The van der Waals surface area contributed by atoms with E-state index in [1.54, 1.807) is 12.1 Å². The van der Waals surface area contributed by atoms with Crippen LogP contribution < -0.4 is 15.4 Å². The Balaban J connectivity index is 2.06. The van der Waals surface area contributed by atoms with Gasteiger partial charge in [-0.15, -0.1) is 0 Å². The first-order valence-corrected chi connectivity index (χ1v) is 9.32. The van der Waals surface area contributed by atoms with Gasteiger partial charge in [0.15, 0.2) is 0 Å². The van der Waals surface area contributed by atoms with E-state index in [2.05, 4.69) is 27.5 Å². The SMILES string of the molecule is C[C@@H]1CC(=O)Nc2cccc(-c3cc#cc(NS(C)(=O)=O)c3)c2N1. The molecule has 1 aliphatic rings. The van der Waals surface area contributed by atoms with Gasteiger partial charge in [0.25, 0.3) is 0 Å². The molecule has 1 heterocycles. The Morgan fingerprint density at radius 1 is 1.33 bits per heavy atom. The predicted molar refractivity (Wildman–Crippen MR) is 94.3 cm³/mol. The molecule has 24 heavy (non-hydrogen) atoms. The minimum atomic E-state index is -3.39. The lowest BCUT2D eigenvalue weighted by Gasteiger charge is -2.16. The summed E-state index contributed by atoms with van der Waals surface area (Å²) in [6.45, 7) is 1.94. The van der Waals surface area contributed by atoms with Crippen molar-refractivity contribution in [3.8, 4) is 11.1 Å². The van der Waals surface area contributed by atoms with Crippen LogP contribution in [0, 0.1) is 12.1 Å². The topological polar surface area (TPSA) is 87.3 Å². The molecule has 1 aliphatic heterocycles. The van der Waals surface area contributed by atoms with Crippen LogP contribution in [0.4, 0.5) is 17.1 Å². The van der Waals surface area contributed by atoms with Gasteiger partial charge < -0.3 is 10.6 Å². The van der Waals surface area contributed by atoms with E-state index in [1.165, 1.54) is 0 Å². The molecule has 0 aliphatic carbocycles. The van der Waals surface area contributed by atoms with Crippen LogP contribution >= 0.6 is 0 Å². The zero-order valence-electron chi connectivity index (χ0n) is 13.3. The van der Waals surface area contributed by atoms with Crippen LogP contribution in [-0.4, -0.2) is 26.6 Å². The summed E-state index contributed by atoms with van der Waals surface area (Å²) in [6.07, 6.45) is 1.46. The van der Waals surface area contributed by atoms with Gasteiger partial charge in [-0.1, -0.05) is 18.2 Å². The fourth-order valence-corrected chi connectivity index (χ4v) is 3.17. The van der Waals surface area contributed by atoms with Crippen molar-refractivity contribution in [1.29, 1.82) is 0 Å². The second kappa shape index (κ2) is 6.06. The normalized spacial score (nSPS) is 16.9. The number of carbonyl (C=O) groups is 1. The fourth-order valence-electron chi connectivity index (χ4n) is 2.66. The van der Waals surface area contributed by atoms with E-state index < -0.39 is 10.0 Å². The van der Waals surface area contributed by atoms with Gasteiger partial charge in [0, 0.05) is 18.0 Å². The highest BCUT2D eigenvalue weighted by Gasteiger charge is 2.20. The lowest BCUT2D eigenvalue weighted by Crippen LogP contribution is -2.19. The van der Waals surface area contributed by atoms with E-state index in [0.29, 0.717) is 17.8 Å². The molecule has 0 bridgehead atoms. The highest BCUT2D eigenvalue weighted by Crippen LogP contribution is 2.36. The Hall–Kier alpha value is -2.72. The summed E-state index contributed by atoms with van der Waals surface area (Å²) in [4.78, 5) is 11.9. The Morgan fingerprint density at radius 3 is 2.88 bits per heavy atom. The number of nitrogens with one attached hydrogen (secondary N) is 3.